The van der Waals surface area contributed by atoms with Gasteiger partial charge in [-0.2, -0.15) is 5.26 Å². The van der Waals surface area contributed by atoms with Crippen LogP contribution in [0.2, 0.25) is 5.02 Å². The van der Waals surface area contributed by atoms with Gasteiger partial charge >= 0.3 is 0 Å². The predicted molar refractivity (Wildman–Crippen MR) is 87.3 cm³/mol. The van der Waals surface area contributed by atoms with Crippen molar-refractivity contribution in [3.05, 3.63) is 34.3 Å². The molecule has 1 N–H and O–H groups in total. The van der Waals surface area contributed by atoms with Crippen LogP contribution in [0.15, 0.2) is 18.2 Å². The van der Waals surface area contributed by atoms with Gasteiger partial charge in [0.2, 0.25) is 0 Å². The molecule has 0 aromatic heterocycles. The van der Waals surface area contributed by atoms with Gasteiger partial charge in [-0.3, -0.25) is 4.90 Å². The van der Waals surface area contributed by atoms with E-state index in [2.05, 4.69) is 30.1 Å². The maximum atomic E-state index is 8.91. The summed E-state index contributed by atoms with van der Waals surface area (Å²) in [6.45, 7) is 8.67. The van der Waals surface area contributed by atoms with Crippen molar-refractivity contribution in [2.45, 2.75) is 39.3 Å². The number of hydrogen-bond acceptors (Lipinski definition) is 3. The van der Waals surface area contributed by atoms with Gasteiger partial charge in [-0.05, 0) is 63.4 Å². The zero-order valence-electron chi connectivity index (χ0n) is 12.9. The van der Waals surface area contributed by atoms with E-state index in [1.165, 1.54) is 12.8 Å². The average Bonchev–Trinajstić information content (AvgIpc) is 2.49. The van der Waals surface area contributed by atoms with Gasteiger partial charge in [0.25, 0.3) is 0 Å². The molecule has 3 nitrogen and oxygen atoms in total. The molecule has 0 bridgehead atoms. The third kappa shape index (κ3) is 4.71. The molecular weight excluding hydrogens is 282 g/mol. The van der Waals surface area contributed by atoms with Crippen LogP contribution in [0.4, 0.5) is 0 Å². The zero-order valence-corrected chi connectivity index (χ0v) is 13.7. The predicted octanol–water partition coefficient (Wildman–Crippen LogP) is 3.42. The van der Waals surface area contributed by atoms with Crippen LogP contribution >= 0.6 is 11.6 Å². The van der Waals surface area contributed by atoms with Gasteiger partial charge in [-0.25, -0.2) is 0 Å². The summed E-state index contributed by atoms with van der Waals surface area (Å²) in [4.78, 5) is 2.48. The number of benzene rings is 1. The number of halogens is 1. The fraction of sp³-hybridized carbons (Fsp3) is 0.588. The molecule has 1 fully saturated rings. The summed E-state index contributed by atoms with van der Waals surface area (Å²) in [5, 5.41) is 13.1. The van der Waals surface area contributed by atoms with E-state index in [0.29, 0.717) is 16.6 Å². The molecule has 1 aromatic carbocycles. The van der Waals surface area contributed by atoms with Crippen LogP contribution in [-0.2, 0) is 6.54 Å². The highest BCUT2D eigenvalue weighted by atomic mass is 35.5. The SMILES string of the molecule is CC(C)N(Cc1ccc(C#N)cc1Cl)CC1CCCNC1. The molecule has 1 unspecified atom stereocenters. The summed E-state index contributed by atoms with van der Waals surface area (Å²) in [7, 11) is 0. The molecule has 0 radical (unpaired) electrons. The molecular formula is C17H24ClN3. The van der Waals surface area contributed by atoms with Crippen LogP contribution in [0.1, 0.15) is 37.8 Å². The van der Waals surface area contributed by atoms with Crippen molar-refractivity contribution >= 4 is 11.6 Å². The highest BCUT2D eigenvalue weighted by Gasteiger charge is 2.19. The molecule has 1 aliphatic heterocycles. The highest BCUT2D eigenvalue weighted by molar-refractivity contribution is 6.31. The van der Waals surface area contributed by atoms with Gasteiger partial charge < -0.3 is 5.32 Å². The second-order valence-electron chi connectivity index (χ2n) is 6.15. The lowest BCUT2D eigenvalue weighted by Crippen LogP contribution is -2.40. The Kier molecular flexibility index (Phi) is 6.05. The van der Waals surface area contributed by atoms with Gasteiger partial charge in [0, 0.05) is 24.2 Å². The molecule has 4 heteroatoms. The summed E-state index contributed by atoms with van der Waals surface area (Å²) in [5.41, 5.74) is 1.73. The first-order chi connectivity index (χ1) is 10.1. The molecule has 2 rings (SSSR count). The fourth-order valence-electron chi connectivity index (χ4n) is 2.83. The lowest BCUT2D eigenvalue weighted by molar-refractivity contribution is 0.164. The number of nitrogens with one attached hydrogen (secondary N) is 1. The van der Waals surface area contributed by atoms with Gasteiger partial charge in [-0.15, -0.1) is 0 Å². The zero-order chi connectivity index (χ0) is 15.2. The van der Waals surface area contributed by atoms with E-state index in [0.717, 1.165) is 37.7 Å². The van der Waals surface area contributed by atoms with Crippen LogP contribution in [0.3, 0.4) is 0 Å². The number of nitriles is 1. The van der Waals surface area contributed by atoms with Crippen molar-refractivity contribution in [3.8, 4) is 6.07 Å². The normalized spacial score (nSPS) is 19.0. The number of rotatable bonds is 5. The van der Waals surface area contributed by atoms with Crippen LogP contribution in [0, 0.1) is 17.2 Å². The van der Waals surface area contributed by atoms with Crippen LogP contribution in [0.25, 0.3) is 0 Å². The Labute approximate surface area is 132 Å². The van der Waals surface area contributed by atoms with Crippen molar-refractivity contribution in [2.24, 2.45) is 5.92 Å². The quantitative estimate of drug-likeness (QED) is 0.906. The average molecular weight is 306 g/mol. The van der Waals surface area contributed by atoms with E-state index in [1.54, 1.807) is 6.07 Å². The number of piperidine rings is 1. The lowest BCUT2D eigenvalue weighted by atomic mass is 9.98. The molecule has 0 saturated carbocycles. The van der Waals surface area contributed by atoms with Gasteiger partial charge in [-0.1, -0.05) is 17.7 Å². The smallest absolute Gasteiger partial charge is 0.0992 e. The van der Waals surface area contributed by atoms with Crippen LogP contribution in [0.5, 0.6) is 0 Å². The minimum Gasteiger partial charge on any atom is -0.316 e. The Morgan fingerprint density at radius 1 is 1.48 bits per heavy atom. The topological polar surface area (TPSA) is 39.1 Å². The van der Waals surface area contributed by atoms with Gasteiger partial charge in [0.05, 0.1) is 11.6 Å². The standard InChI is InChI=1S/C17H24ClN3/c1-13(2)21(11-15-4-3-7-20-10-15)12-16-6-5-14(9-19)8-17(16)18/h5-6,8,13,15,20H,3-4,7,10-12H2,1-2H3. The first kappa shape index (κ1) is 16.3. The van der Waals surface area contributed by atoms with Crippen molar-refractivity contribution in [3.63, 3.8) is 0 Å². The molecule has 1 aliphatic rings. The minimum absolute atomic E-state index is 0.485. The third-order valence-electron chi connectivity index (χ3n) is 4.18. The summed E-state index contributed by atoms with van der Waals surface area (Å²) in [6, 6.07) is 8.21. The Morgan fingerprint density at radius 2 is 2.29 bits per heavy atom. The molecule has 0 aliphatic carbocycles. The van der Waals surface area contributed by atoms with E-state index in [9.17, 15) is 0 Å². The third-order valence-corrected chi connectivity index (χ3v) is 4.53. The summed E-state index contributed by atoms with van der Waals surface area (Å²) in [5.74, 6) is 0.721. The van der Waals surface area contributed by atoms with Crippen molar-refractivity contribution in [1.29, 1.82) is 5.26 Å². The first-order valence-corrected chi connectivity index (χ1v) is 8.11. The van der Waals surface area contributed by atoms with E-state index in [-0.39, 0.29) is 0 Å². The van der Waals surface area contributed by atoms with E-state index in [4.69, 9.17) is 16.9 Å². The summed E-state index contributed by atoms with van der Waals surface area (Å²) >= 11 is 6.31. The minimum atomic E-state index is 0.485. The highest BCUT2D eigenvalue weighted by Crippen LogP contribution is 2.22. The van der Waals surface area contributed by atoms with E-state index >= 15 is 0 Å². The number of nitrogens with zero attached hydrogens (tertiary/aromatic N) is 2. The Balaban J connectivity index is 2.03. The van der Waals surface area contributed by atoms with Crippen molar-refractivity contribution in [2.75, 3.05) is 19.6 Å². The molecule has 1 aromatic rings. The van der Waals surface area contributed by atoms with Crippen molar-refractivity contribution < 1.29 is 0 Å². The Morgan fingerprint density at radius 3 is 2.86 bits per heavy atom. The Hall–Kier alpha value is -1.08. The molecule has 0 spiro atoms. The van der Waals surface area contributed by atoms with E-state index < -0.39 is 0 Å². The summed E-state index contributed by atoms with van der Waals surface area (Å²) in [6.07, 6.45) is 2.57. The lowest BCUT2D eigenvalue weighted by Gasteiger charge is -2.33. The maximum absolute atomic E-state index is 8.91. The monoisotopic (exact) mass is 305 g/mol. The fourth-order valence-corrected chi connectivity index (χ4v) is 3.07. The molecule has 1 atom stereocenters. The molecule has 1 heterocycles. The first-order valence-electron chi connectivity index (χ1n) is 7.73. The van der Waals surface area contributed by atoms with Crippen molar-refractivity contribution in [1.82, 2.24) is 10.2 Å². The molecule has 1 saturated heterocycles. The van der Waals surface area contributed by atoms with Gasteiger partial charge in [0.15, 0.2) is 0 Å². The molecule has 0 amide bonds. The van der Waals surface area contributed by atoms with Crippen LogP contribution < -0.4 is 5.32 Å². The molecule has 21 heavy (non-hydrogen) atoms. The second kappa shape index (κ2) is 7.79. The van der Waals surface area contributed by atoms with Gasteiger partial charge in [0.1, 0.15) is 0 Å². The van der Waals surface area contributed by atoms with E-state index in [1.807, 2.05) is 12.1 Å². The molecule has 114 valence electrons. The summed E-state index contributed by atoms with van der Waals surface area (Å²) < 4.78 is 0. The second-order valence-corrected chi connectivity index (χ2v) is 6.56. The largest absolute Gasteiger partial charge is 0.316 e. The Bertz CT molecular complexity index is 501. The van der Waals surface area contributed by atoms with Crippen LogP contribution in [-0.4, -0.2) is 30.6 Å². The number of hydrogen-bond donors (Lipinski definition) is 1. The maximum Gasteiger partial charge on any atom is 0.0992 e.